The van der Waals surface area contributed by atoms with Gasteiger partial charge in [-0.15, -0.1) is 11.6 Å². The van der Waals surface area contributed by atoms with Crippen LogP contribution in [0.15, 0.2) is 36.4 Å². The summed E-state index contributed by atoms with van der Waals surface area (Å²) in [5, 5.41) is 9.00. The molecule has 0 fully saturated rings. The van der Waals surface area contributed by atoms with Crippen molar-refractivity contribution in [1.82, 2.24) is 0 Å². The molecule has 0 bridgehead atoms. The zero-order valence-electron chi connectivity index (χ0n) is 9.66. The summed E-state index contributed by atoms with van der Waals surface area (Å²) in [7, 11) is 0. The third-order valence-electron chi connectivity index (χ3n) is 2.43. The number of hydrogen-bond acceptors (Lipinski definition) is 2. The molecule has 2 aromatic carbocycles. The first-order chi connectivity index (χ1) is 9.13. The maximum absolute atomic E-state index is 13.7. The van der Waals surface area contributed by atoms with E-state index in [1.54, 1.807) is 18.2 Å². The van der Waals surface area contributed by atoms with Crippen LogP contribution in [0.3, 0.4) is 0 Å². The summed E-state index contributed by atoms with van der Waals surface area (Å²) in [6.07, 6.45) is 0. The first-order valence-electron chi connectivity index (χ1n) is 5.36. The minimum absolute atomic E-state index is 0.0134. The number of benzene rings is 2. The highest BCUT2D eigenvalue weighted by Crippen LogP contribution is 2.32. The highest BCUT2D eigenvalue weighted by Gasteiger charge is 2.09. The van der Waals surface area contributed by atoms with Crippen molar-refractivity contribution in [2.24, 2.45) is 0 Å². The molecule has 19 heavy (non-hydrogen) atoms. The lowest BCUT2D eigenvalue weighted by Crippen LogP contribution is -1.91. The van der Waals surface area contributed by atoms with Crippen molar-refractivity contribution in [2.45, 2.75) is 5.88 Å². The normalized spacial score (nSPS) is 10.0. The Morgan fingerprint density at radius 1 is 1.16 bits per heavy atom. The Hall–Kier alpha value is -1.76. The molecule has 5 heteroatoms. The van der Waals surface area contributed by atoms with Crippen LogP contribution in [-0.2, 0) is 5.88 Å². The Labute approximate surface area is 119 Å². The summed E-state index contributed by atoms with van der Waals surface area (Å²) < 4.78 is 19.0. The molecule has 0 unspecified atom stereocenters. The fourth-order valence-corrected chi connectivity index (χ4v) is 1.89. The quantitative estimate of drug-likeness (QED) is 0.756. The third kappa shape index (κ3) is 3.17. The third-order valence-corrected chi connectivity index (χ3v) is 3.04. The predicted molar refractivity (Wildman–Crippen MR) is 72.2 cm³/mol. The van der Waals surface area contributed by atoms with E-state index in [0.29, 0.717) is 16.7 Å². The molecule has 0 saturated heterocycles. The van der Waals surface area contributed by atoms with Crippen molar-refractivity contribution >= 4 is 23.2 Å². The van der Waals surface area contributed by atoms with Gasteiger partial charge in [0.1, 0.15) is 5.75 Å². The number of ether oxygens (including phenoxy) is 1. The van der Waals surface area contributed by atoms with E-state index in [2.05, 4.69) is 0 Å². The molecule has 0 aromatic heterocycles. The highest BCUT2D eigenvalue weighted by atomic mass is 35.5. The molecule has 0 heterocycles. The van der Waals surface area contributed by atoms with Crippen molar-refractivity contribution in [3.63, 3.8) is 0 Å². The first kappa shape index (κ1) is 13.7. The van der Waals surface area contributed by atoms with Crippen LogP contribution in [-0.4, -0.2) is 0 Å². The molecular formula is C14H8Cl2FNO. The molecule has 2 aromatic rings. The van der Waals surface area contributed by atoms with E-state index >= 15 is 0 Å². The van der Waals surface area contributed by atoms with Crippen LogP contribution >= 0.6 is 23.2 Å². The molecule has 96 valence electrons. The van der Waals surface area contributed by atoms with E-state index in [1.165, 1.54) is 12.1 Å². The molecule has 0 radical (unpaired) electrons. The Balaban J connectivity index is 2.29. The van der Waals surface area contributed by atoms with Crippen LogP contribution in [0.1, 0.15) is 11.1 Å². The Morgan fingerprint density at radius 2 is 1.89 bits per heavy atom. The van der Waals surface area contributed by atoms with Gasteiger partial charge in [0.25, 0.3) is 0 Å². The fraction of sp³-hybridized carbons (Fsp3) is 0.0714. The Bertz CT molecular complexity index is 652. The average molecular weight is 296 g/mol. The second-order valence-electron chi connectivity index (χ2n) is 3.76. The number of nitriles is 1. The SMILES string of the molecule is N#Cc1ccc(Oc2ccc(CCl)cc2Cl)c(F)c1. The lowest BCUT2D eigenvalue weighted by Gasteiger charge is -2.09. The average Bonchev–Trinajstić information content (AvgIpc) is 2.42. The highest BCUT2D eigenvalue weighted by molar-refractivity contribution is 6.32. The molecule has 0 aliphatic heterocycles. The van der Waals surface area contributed by atoms with Crippen molar-refractivity contribution in [3.05, 3.63) is 58.4 Å². The topological polar surface area (TPSA) is 33.0 Å². The Kier molecular flexibility index (Phi) is 4.26. The maximum Gasteiger partial charge on any atom is 0.167 e. The lowest BCUT2D eigenvalue weighted by atomic mass is 10.2. The van der Waals surface area contributed by atoms with Gasteiger partial charge in [0, 0.05) is 5.88 Å². The summed E-state index contributed by atoms with van der Waals surface area (Å²) in [4.78, 5) is 0. The van der Waals surface area contributed by atoms with Crippen LogP contribution in [0.2, 0.25) is 5.02 Å². The van der Waals surface area contributed by atoms with Gasteiger partial charge in [0.15, 0.2) is 11.6 Å². The summed E-state index contributed by atoms with van der Waals surface area (Å²) >= 11 is 11.7. The summed E-state index contributed by atoms with van der Waals surface area (Å²) in [5.74, 6) is 0.0702. The number of halogens is 3. The van der Waals surface area contributed by atoms with Crippen LogP contribution in [0.5, 0.6) is 11.5 Å². The fourth-order valence-electron chi connectivity index (χ4n) is 1.48. The smallest absolute Gasteiger partial charge is 0.167 e. The zero-order chi connectivity index (χ0) is 13.8. The van der Waals surface area contributed by atoms with E-state index in [0.717, 1.165) is 11.6 Å². The van der Waals surface area contributed by atoms with Crippen LogP contribution < -0.4 is 4.74 Å². The predicted octanol–water partition coefficient (Wildman–Crippen LogP) is 4.88. The van der Waals surface area contributed by atoms with Gasteiger partial charge >= 0.3 is 0 Å². The van der Waals surface area contributed by atoms with E-state index in [1.807, 2.05) is 6.07 Å². The number of hydrogen-bond donors (Lipinski definition) is 0. The van der Waals surface area contributed by atoms with Gasteiger partial charge < -0.3 is 4.74 Å². The van der Waals surface area contributed by atoms with Gasteiger partial charge in [-0.25, -0.2) is 4.39 Å². The molecule has 0 N–H and O–H groups in total. The molecule has 2 nitrogen and oxygen atoms in total. The molecule has 0 spiro atoms. The van der Waals surface area contributed by atoms with Crippen molar-refractivity contribution in [2.75, 3.05) is 0 Å². The number of alkyl halides is 1. The van der Waals surface area contributed by atoms with E-state index in [-0.39, 0.29) is 11.3 Å². The van der Waals surface area contributed by atoms with Crippen molar-refractivity contribution in [3.8, 4) is 17.6 Å². The molecule has 0 aliphatic carbocycles. The molecule has 2 rings (SSSR count). The van der Waals surface area contributed by atoms with Crippen molar-refractivity contribution in [1.29, 1.82) is 5.26 Å². The van der Waals surface area contributed by atoms with Gasteiger partial charge in [-0.05, 0) is 35.9 Å². The van der Waals surface area contributed by atoms with Crippen LogP contribution in [0.4, 0.5) is 4.39 Å². The summed E-state index contributed by atoms with van der Waals surface area (Å²) in [5.41, 5.74) is 1.08. The van der Waals surface area contributed by atoms with Crippen LogP contribution in [0.25, 0.3) is 0 Å². The van der Waals surface area contributed by atoms with Crippen molar-refractivity contribution < 1.29 is 9.13 Å². The Morgan fingerprint density at radius 3 is 2.47 bits per heavy atom. The first-order valence-corrected chi connectivity index (χ1v) is 6.27. The van der Waals surface area contributed by atoms with Gasteiger partial charge in [0.05, 0.1) is 16.7 Å². The molecule has 0 atom stereocenters. The maximum atomic E-state index is 13.7. The monoisotopic (exact) mass is 295 g/mol. The minimum atomic E-state index is -0.614. The van der Waals surface area contributed by atoms with Crippen LogP contribution in [0, 0.1) is 17.1 Å². The number of rotatable bonds is 3. The summed E-state index contributed by atoms with van der Waals surface area (Å²) in [6.45, 7) is 0. The van der Waals surface area contributed by atoms with Gasteiger partial charge in [-0.2, -0.15) is 5.26 Å². The van der Waals surface area contributed by atoms with E-state index < -0.39 is 5.82 Å². The van der Waals surface area contributed by atoms with Gasteiger partial charge in [-0.1, -0.05) is 17.7 Å². The standard InChI is InChI=1S/C14H8Cl2FNO/c15-7-9-1-3-13(11(16)5-9)19-14-4-2-10(8-18)6-12(14)17/h1-6H,7H2. The lowest BCUT2D eigenvalue weighted by molar-refractivity contribution is 0.442. The van der Waals surface area contributed by atoms with E-state index in [4.69, 9.17) is 33.2 Å². The second kappa shape index (κ2) is 5.92. The molecule has 0 amide bonds. The van der Waals surface area contributed by atoms with Gasteiger partial charge in [0.2, 0.25) is 0 Å². The van der Waals surface area contributed by atoms with Gasteiger partial charge in [-0.3, -0.25) is 0 Å². The largest absolute Gasteiger partial charge is 0.453 e. The minimum Gasteiger partial charge on any atom is -0.453 e. The molecular weight excluding hydrogens is 288 g/mol. The molecule has 0 aliphatic rings. The zero-order valence-corrected chi connectivity index (χ0v) is 11.2. The second-order valence-corrected chi connectivity index (χ2v) is 4.43. The summed E-state index contributed by atoms with van der Waals surface area (Å²) in [6, 6.07) is 10.8. The molecule has 0 saturated carbocycles. The number of nitrogens with zero attached hydrogens (tertiary/aromatic N) is 1. The van der Waals surface area contributed by atoms with E-state index in [9.17, 15) is 4.39 Å².